The van der Waals surface area contributed by atoms with Crippen molar-refractivity contribution in [3.05, 3.63) is 96.1 Å². The summed E-state index contributed by atoms with van der Waals surface area (Å²) in [5.41, 5.74) is 1.49. The Kier molecular flexibility index (Phi) is 5.69. The molecule has 3 aromatic rings. The first kappa shape index (κ1) is 18.0. The van der Waals surface area contributed by atoms with Gasteiger partial charge in [-0.2, -0.15) is 0 Å². The lowest BCUT2D eigenvalue weighted by molar-refractivity contribution is -0.111. The van der Waals surface area contributed by atoms with Gasteiger partial charge < -0.3 is 10.6 Å². The Balaban J connectivity index is 1.75. The van der Waals surface area contributed by atoms with Crippen LogP contribution in [0.5, 0.6) is 0 Å². The van der Waals surface area contributed by atoms with E-state index in [2.05, 4.69) is 15.6 Å². The number of carbonyl (C=O) groups excluding carboxylic acids is 2. The first-order valence-electron chi connectivity index (χ1n) is 8.18. The molecule has 0 aliphatic carbocycles. The molecule has 134 valence electrons. The lowest BCUT2D eigenvalue weighted by atomic mass is 10.2. The van der Waals surface area contributed by atoms with E-state index < -0.39 is 17.6 Å². The molecule has 2 aromatic carbocycles. The Morgan fingerprint density at radius 1 is 0.889 bits per heavy atom. The van der Waals surface area contributed by atoms with Gasteiger partial charge in [-0.05, 0) is 42.0 Å². The first-order valence-corrected chi connectivity index (χ1v) is 8.18. The van der Waals surface area contributed by atoms with Crippen molar-refractivity contribution in [2.24, 2.45) is 0 Å². The Morgan fingerprint density at radius 3 is 2.41 bits per heavy atom. The summed E-state index contributed by atoms with van der Waals surface area (Å²) < 4.78 is 13.6. The SMILES string of the molecule is O=C(/C=C/c1ccccc1)Nc1cc(F)ccc1NC(=O)c1ccccn1. The number of nitrogens with one attached hydrogen (secondary N) is 2. The van der Waals surface area contributed by atoms with E-state index in [-0.39, 0.29) is 17.1 Å². The van der Waals surface area contributed by atoms with Gasteiger partial charge in [0.05, 0.1) is 11.4 Å². The zero-order chi connectivity index (χ0) is 19.1. The van der Waals surface area contributed by atoms with Crippen LogP contribution in [0.3, 0.4) is 0 Å². The molecule has 1 aromatic heterocycles. The van der Waals surface area contributed by atoms with Gasteiger partial charge in [0.1, 0.15) is 11.5 Å². The molecule has 2 amide bonds. The summed E-state index contributed by atoms with van der Waals surface area (Å²) in [4.78, 5) is 28.4. The molecule has 0 radical (unpaired) electrons. The van der Waals surface area contributed by atoms with Crippen molar-refractivity contribution in [2.45, 2.75) is 0 Å². The number of hydrogen-bond donors (Lipinski definition) is 2. The number of nitrogens with zero attached hydrogens (tertiary/aromatic N) is 1. The fourth-order valence-corrected chi connectivity index (χ4v) is 2.32. The van der Waals surface area contributed by atoms with Gasteiger partial charge in [-0.1, -0.05) is 36.4 Å². The average molecular weight is 361 g/mol. The maximum absolute atomic E-state index is 13.6. The van der Waals surface area contributed by atoms with Crippen LogP contribution in [-0.4, -0.2) is 16.8 Å². The van der Waals surface area contributed by atoms with E-state index in [0.29, 0.717) is 0 Å². The number of anilines is 2. The third-order valence-corrected chi connectivity index (χ3v) is 3.61. The molecule has 6 heteroatoms. The van der Waals surface area contributed by atoms with E-state index in [9.17, 15) is 14.0 Å². The van der Waals surface area contributed by atoms with Gasteiger partial charge in [0.2, 0.25) is 5.91 Å². The van der Waals surface area contributed by atoms with E-state index in [0.717, 1.165) is 11.6 Å². The summed E-state index contributed by atoms with van der Waals surface area (Å²) in [6.45, 7) is 0. The molecule has 0 aliphatic heterocycles. The van der Waals surface area contributed by atoms with Crippen molar-refractivity contribution >= 4 is 29.3 Å². The number of pyridine rings is 1. The second-order valence-corrected chi connectivity index (χ2v) is 5.59. The average Bonchev–Trinajstić information content (AvgIpc) is 2.70. The number of amides is 2. The molecule has 2 N–H and O–H groups in total. The number of carbonyl (C=O) groups is 2. The molecule has 0 saturated carbocycles. The van der Waals surface area contributed by atoms with Gasteiger partial charge in [0, 0.05) is 12.3 Å². The van der Waals surface area contributed by atoms with Crippen LogP contribution in [0.4, 0.5) is 15.8 Å². The number of benzene rings is 2. The minimum Gasteiger partial charge on any atom is -0.321 e. The second-order valence-electron chi connectivity index (χ2n) is 5.59. The number of hydrogen-bond acceptors (Lipinski definition) is 3. The smallest absolute Gasteiger partial charge is 0.274 e. The highest BCUT2D eigenvalue weighted by molar-refractivity contribution is 6.08. The van der Waals surface area contributed by atoms with Gasteiger partial charge in [-0.3, -0.25) is 14.6 Å². The van der Waals surface area contributed by atoms with E-state index in [4.69, 9.17) is 0 Å². The highest BCUT2D eigenvalue weighted by Gasteiger charge is 2.12. The third-order valence-electron chi connectivity index (χ3n) is 3.61. The number of aromatic nitrogens is 1. The molecular formula is C21H16FN3O2. The lowest BCUT2D eigenvalue weighted by Crippen LogP contribution is -2.16. The Morgan fingerprint density at radius 2 is 1.67 bits per heavy atom. The van der Waals surface area contributed by atoms with Crippen LogP contribution in [0.1, 0.15) is 16.1 Å². The summed E-state index contributed by atoms with van der Waals surface area (Å²) >= 11 is 0. The van der Waals surface area contributed by atoms with Crippen LogP contribution in [0.2, 0.25) is 0 Å². The predicted octanol–water partition coefficient (Wildman–Crippen LogP) is 4.12. The highest BCUT2D eigenvalue weighted by Crippen LogP contribution is 2.23. The zero-order valence-corrected chi connectivity index (χ0v) is 14.2. The molecule has 1 heterocycles. The minimum atomic E-state index is -0.534. The monoisotopic (exact) mass is 361 g/mol. The van der Waals surface area contributed by atoms with Crippen LogP contribution < -0.4 is 10.6 Å². The maximum Gasteiger partial charge on any atom is 0.274 e. The van der Waals surface area contributed by atoms with Crippen molar-refractivity contribution in [1.29, 1.82) is 0 Å². The Bertz CT molecular complexity index is 973. The zero-order valence-electron chi connectivity index (χ0n) is 14.2. The fourth-order valence-electron chi connectivity index (χ4n) is 2.32. The van der Waals surface area contributed by atoms with Crippen LogP contribution in [0.15, 0.2) is 79.0 Å². The van der Waals surface area contributed by atoms with Crippen LogP contribution in [-0.2, 0) is 4.79 Å². The predicted molar refractivity (Wildman–Crippen MR) is 103 cm³/mol. The molecule has 0 atom stereocenters. The van der Waals surface area contributed by atoms with Crippen molar-refractivity contribution < 1.29 is 14.0 Å². The standard InChI is InChI=1S/C21H16FN3O2/c22-16-10-11-17(25-21(27)18-8-4-5-13-23-18)19(14-16)24-20(26)12-9-15-6-2-1-3-7-15/h1-14H,(H,24,26)(H,25,27)/b12-9+. The van der Waals surface area contributed by atoms with Crippen LogP contribution >= 0.6 is 0 Å². The minimum absolute atomic E-state index is 0.155. The molecular weight excluding hydrogens is 345 g/mol. The summed E-state index contributed by atoms with van der Waals surface area (Å²) in [7, 11) is 0. The molecule has 0 fully saturated rings. The summed E-state index contributed by atoms with van der Waals surface area (Å²) in [5.74, 6) is -1.44. The van der Waals surface area contributed by atoms with Gasteiger partial charge in [0.15, 0.2) is 0 Å². The topological polar surface area (TPSA) is 71.1 Å². The molecule has 0 spiro atoms. The van der Waals surface area contributed by atoms with Crippen molar-refractivity contribution in [3.8, 4) is 0 Å². The summed E-state index contributed by atoms with van der Waals surface area (Å²) in [6, 6.07) is 17.9. The van der Waals surface area contributed by atoms with E-state index in [1.807, 2.05) is 30.3 Å². The highest BCUT2D eigenvalue weighted by atomic mass is 19.1. The second kappa shape index (κ2) is 8.53. The molecule has 3 rings (SSSR count). The molecule has 5 nitrogen and oxygen atoms in total. The fraction of sp³-hybridized carbons (Fsp3) is 0. The van der Waals surface area contributed by atoms with Crippen molar-refractivity contribution in [1.82, 2.24) is 4.98 Å². The number of rotatable bonds is 5. The number of halogens is 1. The molecule has 0 saturated heterocycles. The summed E-state index contributed by atoms with van der Waals surface area (Å²) in [5, 5.41) is 5.20. The van der Waals surface area contributed by atoms with Crippen LogP contribution in [0, 0.1) is 5.82 Å². The molecule has 0 bridgehead atoms. The van der Waals surface area contributed by atoms with Gasteiger partial charge in [-0.25, -0.2) is 4.39 Å². The quantitative estimate of drug-likeness (QED) is 0.672. The van der Waals surface area contributed by atoms with Crippen LogP contribution in [0.25, 0.3) is 6.08 Å². The third kappa shape index (κ3) is 5.09. The Labute approximate surface area is 155 Å². The largest absolute Gasteiger partial charge is 0.321 e. The van der Waals surface area contributed by atoms with Gasteiger partial charge in [0.25, 0.3) is 5.91 Å². The normalized spacial score (nSPS) is 10.6. The van der Waals surface area contributed by atoms with Gasteiger partial charge >= 0.3 is 0 Å². The van der Waals surface area contributed by atoms with Crippen molar-refractivity contribution in [3.63, 3.8) is 0 Å². The molecule has 27 heavy (non-hydrogen) atoms. The molecule has 0 aliphatic rings. The van der Waals surface area contributed by atoms with E-state index in [1.54, 1.807) is 24.3 Å². The van der Waals surface area contributed by atoms with E-state index in [1.165, 1.54) is 24.4 Å². The van der Waals surface area contributed by atoms with Crippen molar-refractivity contribution in [2.75, 3.05) is 10.6 Å². The lowest BCUT2D eigenvalue weighted by Gasteiger charge is -2.11. The maximum atomic E-state index is 13.6. The van der Waals surface area contributed by atoms with Gasteiger partial charge in [-0.15, -0.1) is 0 Å². The summed E-state index contributed by atoms with van der Waals surface area (Å²) in [6.07, 6.45) is 4.47. The Hall–Kier alpha value is -3.80. The van der Waals surface area contributed by atoms with E-state index >= 15 is 0 Å². The first-order chi connectivity index (χ1) is 13.1. The molecule has 0 unspecified atom stereocenters.